The third-order valence-corrected chi connectivity index (χ3v) is 4.56. The Balaban J connectivity index is 1.51. The number of hydrogen-bond acceptors (Lipinski definition) is 3. The van der Waals surface area contributed by atoms with Gasteiger partial charge in [0.05, 0.1) is 23.9 Å². The van der Waals surface area contributed by atoms with Crippen molar-refractivity contribution in [3.63, 3.8) is 0 Å². The number of aromatic nitrogens is 2. The van der Waals surface area contributed by atoms with Gasteiger partial charge in [-0.2, -0.15) is 18.3 Å². The van der Waals surface area contributed by atoms with Crippen molar-refractivity contribution < 1.29 is 22.8 Å². The molecular weight excluding hydrogens is 373 g/mol. The van der Waals surface area contributed by atoms with Crippen LogP contribution in [-0.4, -0.2) is 27.6 Å². The van der Waals surface area contributed by atoms with Gasteiger partial charge in [0.2, 0.25) is 11.8 Å². The molecule has 1 aliphatic carbocycles. The first-order chi connectivity index (χ1) is 13.3. The molecule has 0 aliphatic heterocycles. The van der Waals surface area contributed by atoms with Crippen LogP contribution in [0.15, 0.2) is 36.7 Å². The average molecular weight is 394 g/mol. The van der Waals surface area contributed by atoms with Crippen LogP contribution in [0.1, 0.15) is 36.8 Å². The molecule has 1 aromatic heterocycles. The van der Waals surface area contributed by atoms with Crippen LogP contribution in [0.3, 0.4) is 0 Å². The standard InChI is InChI=1S/C19H21F3N4O2/c20-19(21,22)14-5-3-4-13(8-14)9-17(27)25-16-10-23-26(11-16)12-18(28)24-15-6-1-2-7-15/h3-5,8,10-11,15H,1-2,6-7,9,12H2,(H,24,28)(H,25,27). The zero-order valence-corrected chi connectivity index (χ0v) is 15.1. The van der Waals surface area contributed by atoms with Crippen molar-refractivity contribution in [1.29, 1.82) is 0 Å². The summed E-state index contributed by atoms with van der Waals surface area (Å²) in [6, 6.07) is 4.87. The third-order valence-electron chi connectivity index (χ3n) is 4.56. The first-order valence-electron chi connectivity index (χ1n) is 9.07. The number of nitrogens with one attached hydrogen (secondary N) is 2. The highest BCUT2D eigenvalue weighted by molar-refractivity contribution is 5.92. The summed E-state index contributed by atoms with van der Waals surface area (Å²) in [6.07, 6.45) is 2.47. The number of carbonyl (C=O) groups excluding carboxylic acids is 2. The van der Waals surface area contributed by atoms with Crippen LogP contribution in [-0.2, 0) is 28.7 Å². The van der Waals surface area contributed by atoms with E-state index in [-0.39, 0.29) is 30.5 Å². The second-order valence-corrected chi connectivity index (χ2v) is 6.90. The zero-order chi connectivity index (χ0) is 20.1. The van der Waals surface area contributed by atoms with Crippen LogP contribution >= 0.6 is 0 Å². The molecule has 28 heavy (non-hydrogen) atoms. The Bertz CT molecular complexity index is 842. The molecule has 0 bridgehead atoms. The Morgan fingerprint density at radius 3 is 2.64 bits per heavy atom. The molecule has 0 spiro atoms. The minimum atomic E-state index is -4.45. The molecule has 0 saturated heterocycles. The van der Waals surface area contributed by atoms with Gasteiger partial charge in [-0.1, -0.05) is 31.0 Å². The smallest absolute Gasteiger partial charge is 0.352 e. The molecular formula is C19H21F3N4O2. The van der Waals surface area contributed by atoms with E-state index in [1.54, 1.807) is 0 Å². The van der Waals surface area contributed by atoms with Crippen LogP contribution < -0.4 is 10.6 Å². The number of amides is 2. The van der Waals surface area contributed by atoms with Crippen molar-refractivity contribution in [3.05, 3.63) is 47.8 Å². The second-order valence-electron chi connectivity index (χ2n) is 6.90. The largest absolute Gasteiger partial charge is 0.416 e. The Labute approximate surface area is 160 Å². The predicted octanol–water partition coefficient (Wildman–Crippen LogP) is 3.14. The maximum Gasteiger partial charge on any atom is 0.416 e. The second kappa shape index (κ2) is 8.45. The fourth-order valence-corrected chi connectivity index (χ4v) is 3.25. The van der Waals surface area contributed by atoms with Crippen LogP contribution in [0.25, 0.3) is 0 Å². The molecule has 1 fully saturated rings. The van der Waals surface area contributed by atoms with Crippen molar-refractivity contribution in [2.45, 2.75) is 50.9 Å². The SMILES string of the molecule is O=C(Cc1cccc(C(F)(F)F)c1)Nc1cnn(CC(=O)NC2CCCC2)c1. The van der Waals surface area contributed by atoms with E-state index in [2.05, 4.69) is 15.7 Å². The Morgan fingerprint density at radius 2 is 1.93 bits per heavy atom. The van der Waals surface area contributed by atoms with E-state index in [0.717, 1.165) is 37.8 Å². The minimum absolute atomic E-state index is 0.0417. The monoisotopic (exact) mass is 394 g/mol. The maximum absolute atomic E-state index is 12.7. The molecule has 2 aromatic rings. The van der Waals surface area contributed by atoms with Crippen molar-refractivity contribution in [2.24, 2.45) is 0 Å². The number of carbonyl (C=O) groups is 2. The number of halogens is 3. The van der Waals surface area contributed by atoms with Gasteiger partial charge in [-0.15, -0.1) is 0 Å². The van der Waals surface area contributed by atoms with Crippen LogP contribution in [0, 0.1) is 0 Å². The lowest BCUT2D eigenvalue weighted by Crippen LogP contribution is -2.35. The Kier molecular flexibility index (Phi) is 6.01. The van der Waals surface area contributed by atoms with E-state index in [4.69, 9.17) is 0 Å². The molecule has 6 nitrogen and oxygen atoms in total. The van der Waals surface area contributed by atoms with Gasteiger partial charge in [0.15, 0.2) is 0 Å². The van der Waals surface area contributed by atoms with Crippen molar-refractivity contribution in [1.82, 2.24) is 15.1 Å². The van der Waals surface area contributed by atoms with Gasteiger partial charge in [0.1, 0.15) is 6.54 Å². The van der Waals surface area contributed by atoms with E-state index < -0.39 is 17.6 Å². The first kappa shape index (κ1) is 19.9. The topological polar surface area (TPSA) is 76.0 Å². The summed E-state index contributed by atoms with van der Waals surface area (Å²) < 4.78 is 39.6. The summed E-state index contributed by atoms with van der Waals surface area (Å²) in [4.78, 5) is 24.1. The molecule has 1 aromatic carbocycles. The Hall–Kier alpha value is -2.84. The van der Waals surface area contributed by atoms with Crippen molar-refractivity contribution in [3.8, 4) is 0 Å². The van der Waals surface area contributed by atoms with Gasteiger partial charge in [-0.05, 0) is 24.5 Å². The van der Waals surface area contributed by atoms with Crippen molar-refractivity contribution in [2.75, 3.05) is 5.32 Å². The number of alkyl halides is 3. The normalized spacial score (nSPS) is 14.8. The lowest BCUT2D eigenvalue weighted by molar-refractivity contribution is -0.137. The minimum Gasteiger partial charge on any atom is -0.352 e. The molecule has 1 heterocycles. The molecule has 0 atom stereocenters. The predicted molar refractivity (Wildman–Crippen MR) is 96.4 cm³/mol. The van der Waals surface area contributed by atoms with Gasteiger partial charge in [0.25, 0.3) is 0 Å². The molecule has 9 heteroatoms. The van der Waals surface area contributed by atoms with Crippen LogP contribution in [0.4, 0.5) is 18.9 Å². The first-order valence-corrected chi connectivity index (χ1v) is 9.07. The van der Waals surface area contributed by atoms with E-state index >= 15 is 0 Å². The Morgan fingerprint density at radius 1 is 1.18 bits per heavy atom. The molecule has 0 unspecified atom stereocenters. The number of nitrogens with zero attached hydrogens (tertiary/aromatic N) is 2. The fourth-order valence-electron chi connectivity index (χ4n) is 3.25. The highest BCUT2D eigenvalue weighted by Gasteiger charge is 2.30. The third kappa shape index (κ3) is 5.58. The number of rotatable bonds is 6. The summed E-state index contributed by atoms with van der Waals surface area (Å²) in [5.74, 6) is -0.605. The van der Waals surface area contributed by atoms with E-state index in [9.17, 15) is 22.8 Å². The summed E-state index contributed by atoms with van der Waals surface area (Å²) in [5, 5.41) is 9.56. The summed E-state index contributed by atoms with van der Waals surface area (Å²) in [7, 11) is 0. The lowest BCUT2D eigenvalue weighted by atomic mass is 10.1. The highest BCUT2D eigenvalue weighted by atomic mass is 19.4. The van der Waals surface area contributed by atoms with Gasteiger partial charge in [-0.3, -0.25) is 14.3 Å². The van der Waals surface area contributed by atoms with Gasteiger partial charge in [-0.25, -0.2) is 0 Å². The lowest BCUT2D eigenvalue weighted by Gasteiger charge is -2.11. The average Bonchev–Trinajstić information content (AvgIpc) is 3.26. The van der Waals surface area contributed by atoms with E-state index in [1.807, 2.05) is 0 Å². The zero-order valence-electron chi connectivity index (χ0n) is 15.1. The summed E-state index contributed by atoms with van der Waals surface area (Å²) in [5.41, 5.74) is -0.153. The van der Waals surface area contributed by atoms with Gasteiger partial charge < -0.3 is 10.6 Å². The van der Waals surface area contributed by atoms with E-state index in [1.165, 1.54) is 29.2 Å². The van der Waals surface area contributed by atoms with Gasteiger partial charge in [0, 0.05) is 12.2 Å². The summed E-state index contributed by atoms with van der Waals surface area (Å²) >= 11 is 0. The number of anilines is 1. The van der Waals surface area contributed by atoms with E-state index in [0.29, 0.717) is 5.69 Å². The molecule has 1 aliphatic rings. The highest BCUT2D eigenvalue weighted by Crippen LogP contribution is 2.29. The molecule has 150 valence electrons. The van der Waals surface area contributed by atoms with Crippen LogP contribution in [0.2, 0.25) is 0 Å². The summed E-state index contributed by atoms with van der Waals surface area (Å²) in [6.45, 7) is 0.0417. The molecule has 0 radical (unpaired) electrons. The van der Waals surface area contributed by atoms with Crippen LogP contribution in [0.5, 0.6) is 0 Å². The molecule has 2 N–H and O–H groups in total. The number of hydrogen-bond donors (Lipinski definition) is 2. The number of benzene rings is 1. The fraction of sp³-hybridized carbons (Fsp3) is 0.421. The molecule has 2 amide bonds. The quantitative estimate of drug-likeness (QED) is 0.790. The maximum atomic E-state index is 12.7. The van der Waals surface area contributed by atoms with Gasteiger partial charge >= 0.3 is 6.18 Å². The van der Waals surface area contributed by atoms with Crippen molar-refractivity contribution >= 4 is 17.5 Å². The molecule has 1 saturated carbocycles. The molecule has 3 rings (SSSR count).